The molecule has 1 heterocycles. The number of carbonyl (C=O) groups excluding carboxylic acids is 1. The van der Waals surface area contributed by atoms with E-state index in [0.29, 0.717) is 12.2 Å². The summed E-state index contributed by atoms with van der Waals surface area (Å²) in [6, 6.07) is 7.39. The molecule has 15 heavy (non-hydrogen) atoms. The lowest BCUT2D eigenvalue weighted by Gasteiger charge is -2.02. The number of esters is 1. The third-order valence-electron chi connectivity index (χ3n) is 2.10. The summed E-state index contributed by atoms with van der Waals surface area (Å²) in [5, 5.41) is 0. The number of benzene rings is 1. The normalized spacial score (nSPS) is 17.8. The van der Waals surface area contributed by atoms with E-state index in [1.807, 2.05) is 18.2 Å². The molecule has 0 N–H and O–H groups in total. The van der Waals surface area contributed by atoms with Crippen molar-refractivity contribution >= 4 is 19.5 Å². The minimum atomic E-state index is -0.269. The summed E-state index contributed by atoms with van der Waals surface area (Å²) in [5.74, 6) is -0.269. The Hall–Kier alpha value is -1.00. The Balaban J connectivity index is 0.00000112. The Labute approximate surface area is 95.8 Å². The van der Waals surface area contributed by atoms with Gasteiger partial charge in [-0.25, -0.2) is 4.79 Å². The van der Waals surface area contributed by atoms with Crippen LogP contribution < -0.4 is 0 Å². The molecule has 1 aliphatic heterocycles. The third kappa shape index (κ3) is 2.97. The highest BCUT2D eigenvalue weighted by atomic mass is 32.1. The lowest BCUT2D eigenvalue weighted by atomic mass is 10.1. The summed E-state index contributed by atoms with van der Waals surface area (Å²) in [6.45, 7) is 2.96. The standard InChI is InChI=1S/C11H12O3.H2S/c1-2-13-11(12)9-5-3-4-8(6-9)10-7-14-10;/h3-6,10H,2,7H2,1H3;1H2. The molecule has 1 fully saturated rings. The van der Waals surface area contributed by atoms with Gasteiger partial charge in [0.25, 0.3) is 0 Å². The van der Waals surface area contributed by atoms with E-state index in [-0.39, 0.29) is 25.6 Å². The Kier molecular flexibility index (Phi) is 4.17. The SMILES string of the molecule is CCOC(=O)c1cccc(C2CO2)c1.S. The van der Waals surface area contributed by atoms with Crippen LogP contribution in [-0.4, -0.2) is 19.2 Å². The maximum Gasteiger partial charge on any atom is 0.338 e. The highest BCUT2D eigenvalue weighted by Crippen LogP contribution is 2.29. The smallest absolute Gasteiger partial charge is 0.338 e. The first-order valence-electron chi connectivity index (χ1n) is 4.70. The lowest BCUT2D eigenvalue weighted by Crippen LogP contribution is -2.04. The van der Waals surface area contributed by atoms with Gasteiger partial charge in [-0.05, 0) is 24.6 Å². The van der Waals surface area contributed by atoms with E-state index < -0.39 is 0 Å². The van der Waals surface area contributed by atoms with E-state index in [9.17, 15) is 4.79 Å². The zero-order chi connectivity index (χ0) is 9.97. The van der Waals surface area contributed by atoms with E-state index in [0.717, 1.165) is 12.2 Å². The number of rotatable bonds is 3. The summed E-state index contributed by atoms with van der Waals surface area (Å²) in [5.41, 5.74) is 1.65. The second-order valence-electron chi connectivity index (χ2n) is 3.17. The molecule has 1 atom stereocenters. The van der Waals surface area contributed by atoms with Crippen LogP contribution >= 0.6 is 13.5 Å². The zero-order valence-electron chi connectivity index (χ0n) is 8.53. The highest BCUT2D eigenvalue weighted by Gasteiger charge is 2.25. The van der Waals surface area contributed by atoms with Crippen LogP contribution in [0.25, 0.3) is 0 Å². The van der Waals surface area contributed by atoms with Crippen molar-refractivity contribution in [2.75, 3.05) is 13.2 Å². The minimum absolute atomic E-state index is 0. The molecule has 0 aromatic heterocycles. The summed E-state index contributed by atoms with van der Waals surface area (Å²) in [7, 11) is 0. The van der Waals surface area contributed by atoms with Crippen molar-refractivity contribution in [1.82, 2.24) is 0 Å². The number of carbonyl (C=O) groups is 1. The molecule has 82 valence electrons. The van der Waals surface area contributed by atoms with Gasteiger partial charge in [0.2, 0.25) is 0 Å². The van der Waals surface area contributed by atoms with Crippen molar-refractivity contribution in [3.8, 4) is 0 Å². The van der Waals surface area contributed by atoms with Crippen molar-refractivity contribution < 1.29 is 14.3 Å². The van der Waals surface area contributed by atoms with Crippen molar-refractivity contribution in [2.45, 2.75) is 13.0 Å². The van der Waals surface area contributed by atoms with Gasteiger partial charge < -0.3 is 9.47 Å². The maximum absolute atomic E-state index is 11.4. The fourth-order valence-corrected chi connectivity index (χ4v) is 1.32. The first-order chi connectivity index (χ1) is 6.81. The number of hydrogen-bond acceptors (Lipinski definition) is 3. The van der Waals surface area contributed by atoms with Gasteiger partial charge in [0, 0.05) is 0 Å². The Bertz CT molecular complexity index is 347. The van der Waals surface area contributed by atoms with Crippen molar-refractivity contribution in [3.63, 3.8) is 0 Å². The second-order valence-corrected chi connectivity index (χ2v) is 3.17. The van der Waals surface area contributed by atoms with Gasteiger partial charge >= 0.3 is 5.97 Å². The molecule has 0 aliphatic carbocycles. The van der Waals surface area contributed by atoms with Crippen LogP contribution in [0.5, 0.6) is 0 Å². The molecule has 1 saturated heterocycles. The molecule has 1 aromatic rings. The van der Waals surface area contributed by atoms with E-state index in [2.05, 4.69) is 0 Å². The topological polar surface area (TPSA) is 38.8 Å². The van der Waals surface area contributed by atoms with Gasteiger partial charge in [-0.2, -0.15) is 13.5 Å². The summed E-state index contributed by atoms with van der Waals surface area (Å²) in [6.07, 6.45) is 0.185. The van der Waals surface area contributed by atoms with Crippen LogP contribution in [0.3, 0.4) is 0 Å². The predicted molar refractivity (Wildman–Crippen MR) is 61.5 cm³/mol. The number of ether oxygens (including phenoxy) is 2. The van der Waals surface area contributed by atoms with Crippen LogP contribution in [0.15, 0.2) is 24.3 Å². The Morgan fingerprint density at radius 3 is 2.93 bits per heavy atom. The van der Waals surface area contributed by atoms with Gasteiger partial charge in [-0.15, -0.1) is 0 Å². The van der Waals surface area contributed by atoms with Crippen LogP contribution in [0.2, 0.25) is 0 Å². The van der Waals surface area contributed by atoms with Gasteiger partial charge in [0.05, 0.1) is 18.8 Å². The zero-order valence-corrected chi connectivity index (χ0v) is 9.53. The molecule has 0 amide bonds. The average Bonchev–Trinajstić information content (AvgIpc) is 3.02. The molecule has 0 saturated carbocycles. The summed E-state index contributed by atoms with van der Waals surface area (Å²) in [4.78, 5) is 11.4. The van der Waals surface area contributed by atoms with Gasteiger partial charge in [0.15, 0.2) is 0 Å². The largest absolute Gasteiger partial charge is 0.462 e. The van der Waals surface area contributed by atoms with E-state index in [1.54, 1.807) is 13.0 Å². The van der Waals surface area contributed by atoms with Crippen LogP contribution in [0.1, 0.15) is 28.9 Å². The number of hydrogen-bond donors (Lipinski definition) is 0. The fourth-order valence-electron chi connectivity index (χ4n) is 1.32. The van der Waals surface area contributed by atoms with Crippen molar-refractivity contribution in [1.29, 1.82) is 0 Å². The highest BCUT2D eigenvalue weighted by molar-refractivity contribution is 7.59. The van der Waals surface area contributed by atoms with Crippen molar-refractivity contribution in [2.24, 2.45) is 0 Å². The quantitative estimate of drug-likeness (QED) is 0.585. The van der Waals surface area contributed by atoms with Gasteiger partial charge in [-0.3, -0.25) is 0 Å². The monoisotopic (exact) mass is 226 g/mol. The molecule has 3 nitrogen and oxygen atoms in total. The van der Waals surface area contributed by atoms with Crippen LogP contribution in [-0.2, 0) is 9.47 Å². The molecular weight excluding hydrogens is 212 g/mol. The molecule has 1 unspecified atom stereocenters. The first-order valence-corrected chi connectivity index (χ1v) is 4.70. The molecular formula is C11H14O3S. The molecule has 0 radical (unpaired) electrons. The molecule has 0 bridgehead atoms. The molecule has 1 aliphatic rings. The first kappa shape index (κ1) is 12.1. The molecule has 4 heteroatoms. The molecule has 1 aromatic carbocycles. The fraction of sp³-hybridized carbons (Fsp3) is 0.364. The van der Waals surface area contributed by atoms with Gasteiger partial charge in [0.1, 0.15) is 6.10 Å². The Morgan fingerprint density at radius 2 is 2.33 bits per heavy atom. The van der Waals surface area contributed by atoms with E-state index in [1.165, 1.54) is 0 Å². The Morgan fingerprint density at radius 1 is 1.60 bits per heavy atom. The summed E-state index contributed by atoms with van der Waals surface area (Å²) < 4.78 is 10.0. The number of epoxide rings is 1. The molecule has 0 spiro atoms. The third-order valence-corrected chi connectivity index (χ3v) is 2.10. The van der Waals surface area contributed by atoms with E-state index >= 15 is 0 Å². The van der Waals surface area contributed by atoms with Gasteiger partial charge in [-0.1, -0.05) is 12.1 Å². The lowest BCUT2D eigenvalue weighted by molar-refractivity contribution is 0.0526. The average molecular weight is 226 g/mol. The van der Waals surface area contributed by atoms with E-state index in [4.69, 9.17) is 9.47 Å². The van der Waals surface area contributed by atoms with Crippen LogP contribution in [0, 0.1) is 0 Å². The van der Waals surface area contributed by atoms with Crippen molar-refractivity contribution in [3.05, 3.63) is 35.4 Å². The summed E-state index contributed by atoms with van der Waals surface area (Å²) >= 11 is 0. The maximum atomic E-state index is 11.4. The predicted octanol–water partition coefficient (Wildman–Crippen LogP) is 2.05. The van der Waals surface area contributed by atoms with Crippen LogP contribution in [0.4, 0.5) is 0 Å². The second kappa shape index (κ2) is 5.19. The minimum Gasteiger partial charge on any atom is -0.462 e. The molecule has 2 rings (SSSR count).